The van der Waals surface area contributed by atoms with Crippen LogP contribution in [0.1, 0.15) is 26.5 Å². The van der Waals surface area contributed by atoms with Crippen molar-refractivity contribution in [3.63, 3.8) is 0 Å². The summed E-state index contributed by atoms with van der Waals surface area (Å²) in [5.74, 6) is 0.965. The van der Waals surface area contributed by atoms with Crippen LogP contribution in [-0.4, -0.2) is 24.6 Å². The van der Waals surface area contributed by atoms with Gasteiger partial charge < -0.3 is 10.2 Å². The molecule has 0 aliphatic rings. The lowest BCUT2D eigenvalue weighted by atomic mass is 10.3. The lowest BCUT2D eigenvalue weighted by Gasteiger charge is -2.17. The summed E-state index contributed by atoms with van der Waals surface area (Å²) < 4.78 is 0. The van der Waals surface area contributed by atoms with E-state index in [2.05, 4.69) is 36.0 Å². The average molecular weight is 242 g/mol. The van der Waals surface area contributed by atoms with E-state index < -0.39 is 0 Å². The molecule has 16 heavy (non-hydrogen) atoms. The number of nitrogens with one attached hydrogen (secondary N) is 1. The van der Waals surface area contributed by atoms with Gasteiger partial charge in [-0.3, -0.25) is 0 Å². The van der Waals surface area contributed by atoms with Crippen molar-refractivity contribution in [2.75, 3.05) is 18.5 Å². The molecule has 1 heterocycles. The van der Waals surface area contributed by atoms with E-state index in [0.29, 0.717) is 12.6 Å². The molecule has 0 atom stereocenters. The molecule has 0 amide bonds. The third-order valence-electron chi connectivity index (χ3n) is 2.45. The smallest absolute Gasteiger partial charge is 0.128 e. The van der Waals surface area contributed by atoms with E-state index in [1.54, 1.807) is 0 Å². The zero-order valence-electron chi connectivity index (χ0n) is 10.4. The van der Waals surface area contributed by atoms with E-state index >= 15 is 0 Å². The standard InChI is InChI=1S/C12H20ClN3/c1-5-16(4)12-7-6-10(13)11(15-12)8-14-9(2)3/h6-7,9,14H,5,8H2,1-4H3. The highest BCUT2D eigenvalue weighted by atomic mass is 35.5. The second-order valence-electron chi connectivity index (χ2n) is 4.15. The molecule has 0 aromatic carbocycles. The third kappa shape index (κ3) is 3.65. The summed E-state index contributed by atoms with van der Waals surface area (Å²) in [6.07, 6.45) is 0. The molecule has 0 bridgehead atoms. The minimum Gasteiger partial charge on any atom is -0.360 e. The van der Waals surface area contributed by atoms with Crippen LogP contribution in [0.15, 0.2) is 12.1 Å². The first-order chi connectivity index (χ1) is 7.54. The lowest BCUT2D eigenvalue weighted by molar-refractivity contribution is 0.581. The van der Waals surface area contributed by atoms with Gasteiger partial charge in [-0.1, -0.05) is 25.4 Å². The Hall–Kier alpha value is -0.800. The van der Waals surface area contributed by atoms with E-state index in [9.17, 15) is 0 Å². The number of hydrogen-bond acceptors (Lipinski definition) is 3. The molecule has 4 heteroatoms. The predicted octanol–water partition coefficient (Wildman–Crippen LogP) is 2.69. The van der Waals surface area contributed by atoms with Crippen molar-refractivity contribution in [1.29, 1.82) is 0 Å². The van der Waals surface area contributed by atoms with E-state index in [4.69, 9.17) is 11.6 Å². The first-order valence-corrected chi connectivity index (χ1v) is 6.02. The van der Waals surface area contributed by atoms with Gasteiger partial charge in [0.05, 0.1) is 10.7 Å². The molecule has 1 rings (SSSR count). The van der Waals surface area contributed by atoms with Gasteiger partial charge in [0.25, 0.3) is 0 Å². The van der Waals surface area contributed by atoms with Crippen molar-refractivity contribution in [1.82, 2.24) is 10.3 Å². The predicted molar refractivity (Wildman–Crippen MR) is 70.2 cm³/mol. The van der Waals surface area contributed by atoms with Crippen LogP contribution >= 0.6 is 11.6 Å². The van der Waals surface area contributed by atoms with Gasteiger partial charge in [-0.05, 0) is 19.1 Å². The Morgan fingerprint density at radius 2 is 2.12 bits per heavy atom. The molecule has 3 nitrogen and oxygen atoms in total. The highest BCUT2D eigenvalue weighted by Gasteiger charge is 2.06. The van der Waals surface area contributed by atoms with Crippen LogP contribution in [0.5, 0.6) is 0 Å². The summed E-state index contributed by atoms with van der Waals surface area (Å²) in [6.45, 7) is 7.96. The molecule has 1 N–H and O–H groups in total. The molecular formula is C12H20ClN3. The Kier molecular flexibility index (Phi) is 5.03. The topological polar surface area (TPSA) is 28.2 Å². The molecule has 0 radical (unpaired) electrons. The number of pyridine rings is 1. The van der Waals surface area contributed by atoms with Crippen molar-refractivity contribution >= 4 is 17.4 Å². The van der Waals surface area contributed by atoms with Crippen LogP contribution in [-0.2, 0) is 6.54 Å². The summed E-state index contributed by atoms with van der Waals surface area (Å²) in [5.41, 5.74) is 0.910. The summed E-state index contributed by atoms with van der Waals surface area (Å²) in [6, 6.07) is 4.29. The van der Waals surface area contributed by atoms with Gasteiger partial charge in [0.15, 0.2) is 0 Å². The van der Waals surface area contributed by atoms with Gasteiger partial charge in [0, 0.05) is 26.2 Å². The average Bonchev–Trinajstić information content (AvgIpc) is 2.26. The van der Waals surface area contributed by atoms with Gasteiger partial charge in [-0.2, -0.15) is 0 Å². The quantitative estimate of drug-likeness (QED) is 0.859. The van der Waals surface area contributed by atoms with E-state index in [1.807, 2.05) is 19.2 Å². The van der Waals surface area contributed by atoms with E-state index in [1.165, 1.54) is 0 Å². The molecule has 0 saturated heterocycles. The molecule has 1 aromatic heterocycles. The maximum atomic E-state index is 6.11. The number of aromatic nitrogens is 1. The Labute approximate surface area is 103 Å². The fraction of sp³-hybridized carbons (Fsp3) is 0.583. The molecule has 0 aliphatic heterocycles. The molecule has 1 aromatic rings. The van der Waals surface area contributed by atoms with Crippen molar-refractivity contribution in [3.05, 3.63) is 22.8 Å². The van der Waals surface area contributed by atoms with Crippen LogP contribution in [0, 0.1) is 0 Å². The zero-order chi connectivity index (χ0) is 12.1. The Morgan fingerprint density at radius 3 is 2.69 bits per heavy atom. The van der Waals surface area contributed by atoms with Gasteiger partial charge in [-0.25, -0.2) is 4.98 Å². The first-order valence-electron chi connectivity index (χ1n) is 5.64. The van der Waals surface area contributed by atoms with Gasteiger partial charge in [0.2, 0.25) is 0 Å². The molecule has 90 valence electrons. The van der Waals surface area contributed by atoms with Crippen molar-refractivity contribution in [3.8, 4) is 0 Å². The second kappa shape index (κ2) is 6.06. The number of halogens is 1. The van der Waals surface area contributed by atoms with Crippen molar-refractivity contribution < 1.29 is 0 Å². The molecular weight excluding hydrogens is 222 g/mol. The number of nitrogens with zero attached hydrogens (tertiary/aromatic N) is 2. The zero-order valence-corrected chi connectivity index (χ0v) is 11.2. The summed E-state index contributed by atoms with van der Waals surface area (Å²) in [4.78, 5) is 6.64. The molecule has 0 fully saturated rings. The number of rotatable bonds is 5. The van der Waals surface area contributed by atoms with E-state index in [0.717, 1.165) is 23.1 Å². The Bertz CT molecular complexity index is 339. The van der Waals surface area contributed by atoms with Crippen molar-refractivity contribution in [2.45, 2.75) is 33.4 Å². The summed E-state index contributed by atoms with van der Waals surface area (Å²) in [5, 5.41) is 4.04. The molecule has 0 saturated carbocycles. The largest absolute Gasteiger partial charge is 0.360 e. The van der Waals surface area contributed by atoms with Crippen LogP contribution in [0.3, 0.4) is 0 Å². The molecule has 0 spiro atoms. The normalized spacial score (nSPS) is 10.9. The highest BCUT2D eigenvalue weighted by Crippen LogP contribution is 2.18. The monoisotopic (exact) mass is 241 g/mol. The van der Waals surface area contributed by atoms with Crippen LogP contribution in [0.25, 0.3) is 0 Å². The van der Waals surface area contributed by atoms with E-state index in [-0.39, 0.29) is 0 Å². The fourth-order valence-corrected chi connectivity index (χ4v) is 1.44. The van der Waals surface area contributed by atoms with Crippen LogP contribution in [0.2, 0.25) is 5.02 Å². The van der Waals surface area contributed by atoms with Crippen molar-refractivity contribution in [2.24, 2.45) is 0 Å². The van der Waals surface area contributed by atoms with Gasteiger partial charge in [0.1, 0.15) is 5.82 Å². The Balaban J connectivity index is 2.82. The summed E-state index contributed by atoms with van der Waals surface area (Å²) in [7, 11) is 2.02. The maximum Gasteiger partial charge on any atom is 0.128 e. The molecule has 0 aliphatic carbocycles. The van der Waals surface area contributed by atoms with Gasteiger partial charge in [-0.15, -0.1) is 0 Å². The SMILES string of the molecule is CCN(C)c1ccc(Cl)c(CNC(C)C)n1. The fourth-order valence-electron chi connectivity index (χ4n) is 1.27. The Morgan fingerprint density at radius 1 is 1.44 bits per heavy atom. The minimum atomic E-state index is 0.436. The van der Waals surface area contributed by atoms with Crippen LogP contribution in [0.4, 0.5) is 5.82 Å². The second-order valence-corrected chi connectivity index (χ2v) is 4.55. The third-order valence-corrected chi connectivity index (χ3v) is 2.79. The maximum absolute atomic E-state index is 6.11. The minimum absolute atomic E-state index is 0.436. The number of hydrogen-bond donors (Lipinski definition) is 1. The van der Waals surface area contributed by atoms with Crippen LogP contribution < -0.4 is 10.2 Å². The van der Waals surface area contributed by atoms with Gasteiger partial charge >= 0.3 is 0 Å². The first kappa shape index (κ1) is 13.3. The lowest BCUT2D eigenvalue weighted by Crippen LogP contribution is -2.23. The summed E-state index contributed by atoms with van der Waals surface area (Å²) >= 11 is 6.11. The number of anilines is 1. The highest BCUT2D eigenvalue weighted by molar-refractivity contribution is 6.31. The molecule has 0 unspecified atom stereocenters.